The van der Waals surface area contributed by atoms with E-state index in [1.54, 1.807) is 19.2 Å². The van der Waals surface area contributed by atoms with Gasteiger partial charge in [0.1, 0.15) is 23.9 Å². The van der Waals surface area contributed by atoms with Crippen molar-refractivity contribution in [1.29, 1.82) is 0 Å². The fourth-order valence-electron chi connectivity index (χ4n) is 3.92. The number of benzene rings is 4. The van der Waals surface area contributed by atoms with Crippen LogP contribution >= 0.6 is 11.6 Å². The fraction of sp³-hybridized carbons (Fsp3) is 0.143. The maximum atomic E-state index is 9.96. The maximum absolute atomic E-state index is 9.96. The van der Waals surface area contributed by atoms with E-state index in [-0.39, 0.29) is 5.75 Å². The molecule has 0 radical (unpaired) electrons. The maximum Gasteiger partial charge on any atom is 0.119 e. The molecule has 0 bridgehead atoms. The van der Waals surface area contributed by atoms with Crippen LogP contribution in [0, 0.1) is 0 Å². The van der Waals surface area contributed by atoms with Gasteiger partial charge < -0.3 is 14.6 Å². The molecule has 4 heteroatoms. The second-order valence-electron chi connectivity index (χ2n) is 7.50. The first-order chi connectivity index (χ1) is 15.6. The Morgan fingerprint density at radius 2 is 1.53 bits per heavy atom. The van der Waals surface area contributed by atoms with E-state index in [4.69, 9.17) is 21.1 Å². The summed E-state index contributed by atoms with van der Waals surface area (Å²) in [5, 5.41) is 12.0. The number of fused-ring (bicyclic) bond motifs is 1. The highest BCUT2D eigenvalue weighted by molar-refractivity contribution is 6.18. The van der Waals surface area contributed by atoms with Crippen molar-refractivity contribution in [2.24, 2.45) is 0 Å². The summed E-state index contributed by atoms with van der Waals surface area (Å²) in [7, 11) is 1.67. The van der Waals surface area contributed by atoms with Crippen LogP contribution in [0.15, 0.2) is 84.9 Å². The molecule has 4 rings (SSSR count). The summed E-state index contributed by atoms with van der Waals surface area (Å²) >= 11 is 5.73. The van der Waals surface area contributed by atoms with E-state index in [0.717, 1.165) is 50.1 Å². The Morgan fingerprint density at radius 3 is 2.22 bits per heavy atom. The smallest absolute Gasteiger partial charge is 0.119 e. The Hall–Kier alpha value is -3.43. The molecule has 0 aliphatic carbocycles. The SMILES string of the molecule is COc1ccc(/C(=C(/C)c2ccc(OCCCl)cc2)c2cccc3cc(O)ccc23)cc1. The van der Waals surface area contributed by atoms with Crippen LogP contribution in [-0.4, -0.2) is 24.7 Å². The van der Waals surface area contributed by atoms with Gasteiger partial charge in [-0.2, -0.15) is 0 Å². The van der Waals surface area contributed by atoms with Crippen LogP contribution in [0.25, 0.3) is 21.9 Å². The third-order valence-corrected chi connectivity index (χ3v) is 5.67. The van der Waals surface area contributed by atoms with Gasteiger partial charge >= 0.3 is 0 Å². The van der Waals surface area contributed by atoms with Crippen molar-refractivity contribution in [1.82, 2.24) is 0 Å². The Bertz CT molecular complexity index is 1240. The first-order valence-electron chi connectivity index (χ1n) is 10.5. The zero-order valence-electron chi connectivity index (χ0n) is 18.1. The zero-order chi connectivity index (χ0) is 22.5. The fourth-order valence-corrected chi connectivity index (χ4v) is 4.00. The largest absolute Gasteiger partial charge is 0.508 e. The number of halogens is 1. The second kappa shape index (κ2) is 9.80. The summed E-state index contributed by atoms with van der Waals surface area (Å²) in [6.07, 6.45) is 0. The van der Waals surface area contributed by atoms with Crippen LogP contribution < -0.4 is 9.47 Å². The van der Waals surface area contributed by atoms with E-state index in [2.05, 4.69) is 37.3 Å². The summed E-state index contributed by atoms with van der Waals surface area (Å²) < 4.78 is 11.0. The van der Waals surface area contributed by atoms with E-state index in [1.165, 1.54) is 0 Å². The molecular weight excluding hydrogens is 420 g/mol. The first kappa shape index (κ1) is 21.8. The number of hydrogen-bond donors (Lipinski definition) is 1. The highest BCUT2D eigenvalue weighted by Crippen LogP contribution is 2.37. The molecule has 0 amide bonds. The minimum Gasteiger partial charge on any atom is -0.508 e. The number of hydrogen-bond acceptors (Lipinski definition) is 3. The molecule has 0 aliphatic heterocycles. The average Bonchev–Trinajstić information content (AvgIpc) is 2.83. The molecule has 0 saturated heterocycles. The minimum absolute atomic E-state index is 0.258. The van der Waals surface area contributed by atoms with Gasteiger partial charge in [0.05, 0.1) is 13.0 Å². The van der Waals surface area contributed by atoms with Gasteiger partial charge in [0, 0.05) is 0 Å². The average molecular weight is 445 g/mol. The highest BCUT2D eigenvalue weighted by atomic mass is 35.5. The predicted octanol–water partition coefficient (Wildman–Crippen LogP) is 7.15. The van der Waals surface area contributed by atoms with Gasteiger partial charge in [0.15, 0.2) is 0 Å². The van der Waals surface area contributed by atoms with E-state index in [9.17, 15) is 5.11 Å². The molecule has 4 aromatic carbocycles. The number of ether oxygens (including phenoxy) is 2. The summed E-state index contributed by atoms with van der Waals surface area (Å²) in [5.41, 5.74) is 5.56. The molecule has 0 aromatic heterocycles. The van der Waals surface area contributed by atoms with Gasteiger partial charge in [-0.25, -0.2) is 0 Å². The van der Waals surface area contributed by atoms with E-state index >= 15 is 0 Å². The Kier molecular flexibility index (Phi) is 6.67. The first-order valence-corrected chi connectivity index (χ1v) is 11.0. The van der Waals surface area contributed by atoms with Gasteiger partial charge in [-0.1, -0.05) is 48.5 Å². The number of phenols is 1. The summed E-state index contributed by atoms with van der Waals surface area (Å²) in [6, 6.07) is 27.8. The van der Waals surface area contributed by atoms with Crippen LogP contribution in [0.4, 0.5) is 0 Å². The van der Waals surface area contributed by atoms with Gasteiger partial charge in [-0.05, 0) is 81.9 Å². The number of aromatic hydroxyl groups is 1. The number of allylic oxidation sites excluding steroid dienone is 1. The van der Waals surface area contributed by atoms with E-state index < -0.39 is 0 Å². The molecule has 0 unspecified atom stereocenters. The molecule has 0 heterocycles. The van der Waals surface area contributed by atoms with Crippen molar-refractivity contribution in [3.05, 3.63) is 102 Å². The lowest BCUT2D eigenvalue weighted by Gasteiger charge is -2.17. The third kappa shape index (κ3) is 4.58. The lowest BCUT2D eigenvalue weighted by molar-refractivity contribution is 0.343. The Balaban J connectivity index is 1.90. The van der Waals surface area contributed by atoms with Crippen LogP contribution in [0.2, 0.25) is 0 Å². The summed E-state index contributed by atoms with van der Waals surface area (Å²) in [6.45, 7) is 2.61. The standard InChI is InChI=1S/C28H25ClO3/c1-19(20-6-13-25(14-7-20)32-17-16-29)28(21-8-11-24(31-2)12-9-21)27-5-3-4-22-18-23(30)10-15-26(22)27/h3-15,18,30H,16-17H2,1-2H3/b28-19+. The molecule has 0 spiro atoms. The molecule has 162 valence electrons. The van der Waals surface area contributed by atoms with Crippen molar-refractivity contribution in [2.75, 3.05) is 19.6 Å². The topological polar surface area (TPSA) is 38.7 Å². The van der Waals surface area contributed by atoms with Crippen LogP contribution in [0.1, 0.15) is 23.6 Å². The number of phenolic OH excluding ortho intramolecular Hbond substituents is 1. The highest BCUT2D eigenvalue weighted by Gasteiger charge is 2.14. The second-order valence-corrected chi connectivity index (χ2v) is 7.88. The monoisotopic (exact) mass is 444 g/mol. The van der Waals surface area contributed by atoms with Crippen molar-refractivity contribution >= 4 is 33.5 Å². The summed E-state index contributed by atoms with van der Waals surface area (Å²) in [5.74, 6) is 2.33. The number of alkyl halides is 1. The van der Waals surface area contributed by atoms with Crippen LogP contribution in [0.3, 0.4) is 0 Å². The van der Waals surface area contributed by atoms with E-state index in [1.807, 2.05) is 42.5 Å². The Morgan fingerprint density at radius 1 is 0.844 bits per heavy atom. The quantitative estimate of drug-likeness (QED) is 0.243. The molecule has 32 heavy (non-hydrogen) atoms. The van der Waals surface area contributed by atoms with Gasteiger partial charge in [-0.3, -0.25) is 0 Å². The van der Waals surface area contributed by atoms with Crippen molar-refractivity contribution in [2.45, 2.75) is 6.92 Å². The zero-order valence-corrected chi connectivity index (χ0v) is 18.9. The molecule has 1 N–H and O–H groups in total. The van der Waals surface area contributed by atoms with Gasteiger partial charge in [0.2, 0.25) is 0 Å². The Labute approximate surface area is 193 Å². The molecule has 0 atom stereocenters. The van der Waals surface area contributed by atoms with Crippen LogP contribution in [0.5, 0.6) is 17.2 Å². The lowest BCUT2D eigenvalue weighted by Crippen LogP contribution is -1.98. The minimum atomic E-state index is 0.258. The van der Waals surface area contributed by atoms with E-state index in [0.29, 0.717) is 12.5 Å². The molecular formula is C28H25ClO3. The number of rotatable bonds is 7. The predicted molar refractivity (Wildman–Crippen MR) is 133 cm³/mol. The third-order valence-electron chi connectivity index (χ3n) is 5.52. The summed E-state index contributed by atoms with van der Waals surface area (Å²) in [4.78, 5) is 0. The molecule has 0 aliphatic rings. The molecule has 3 nitrogen and oxygen atoms in total. The molecule has 4 aromatic rings. The molecule has 0 saturated carbocycles. The van der Waals surface area contributed by atoms with Crippen molar-refractivity contribution in [3.63, 3.8) is 0 Å². The molecule has 0 fully saturated rings. The van der Waals surface area contributed by atoms with Gasteiger partial charge in [-0.15, -0.1) is 11.6 Å². The lowest BCUT2D eigenvalue weighted by atomic mass is 9.87. The van der Waals surface area contributed by atoms with Crippen LogP contribution in [-0.2, 0) is 0 Å². The van der Waals surface area contributed by atoms with Crippen molar-refractivity contribution < 1.29 is 14.6 Å². The number of methoxy groups -OCH3 is 1. The van der Waals surface area contributed by atoms with Gasteiger partial charge in [0.25, 0.3) is 0 Å². The normalized spacial score (nSPS) is 11.8. The van der Waals surface area contributed by atoms with Crippen molar-refractivity contribution in [3.8, 4) is 17.2 Å².